The first-order valence-electron chi connectivity index (χ1n) is 7.37. The van der Waals surface area contributed by atoms with E-state index in [4.69, 9.17) is 15.2 Å². The molecule has 1 aromatic carbocycles. The molecule has 0 spiro atoms. The predicted octanol–water partition coefficient (Wildman–Crippen LogP) is 2.42. The first kappa shape index (κ1) is 17.5. The SMILES string of the molecule is COCCOc1cccc(NC(=O)CCC(C)CCN)c1. The highest BCUT2D eigenvalue weighted by atomic mass is 16.5. The van der Waals surface area contributed by atoms with Crippen LogP contribution in [0, 0.1) is 5.92 Å². The maximum atomic E-state index is 11.9. The Bertz CT molecular complexity index is 424. The molecule has 3 N–H and O–H groups in total. The van der Waals surface area contributed by atoms with E-state index in [1.165, 1.54) is 0 Å². The van der Waals surface area contributed by atoms with E-state index in [-0.39, 0.29) is 5.91 Å². The summed E-state index contributed by atoms with van der Waals surface area (Å²) in [6.07, 6.45) is 2.32. The molecule has 0 bridgehead atoms. The van der Waals surface area contributed by atoms with Crippen molar-refractivity contribution in [2.75, 3.05) is 32.2 Å². The zero-order valence-electron chi connectivity index (χ0n) is 12.9. The Hall–Kier alpha value is -1.59. The fourth-order valence-corrected chi connectivity index (χ4v) is 1.94. The van der Waals surface area contributed by atoms with Gasteiger partial charge < -0.3 is 20.5 Å². The molecule has 0 aliphatic carbocycles. The van der Waals surface area contributed by atoms with Gasteiger partial charge in [0.05, 0.1) is 6.61 Å². The van der Waals surface area contributed by atoms with Crippen LogP contribution in [0.15, 0.2) is 24.3 Å². The number of benzene rings is 1. The molecule has 1 rings (SSSR count). The molecule has 0 saturated heterocycles. The Balaban J connectivity index is 2.39. The molecule has 0 heterocycles. The molecule has 5 nitrogen and oxygen atoms in total. The standard InChI is InChI=1S/C16H26N2O3/c1-13(8-9-17)6-7-16(19)18-14-4-3-5-15(12-14)21-11-10-20-2/h3-5,12-13H,6-11,17H2,1-2H3,(H,18,19). The van der Waals surface area contributed by atoms with Crippen molar-refractivity contribution in [3.63, 3.8) is 0 Å². The fourth-order valence-electron chi connectivity index (χ4n) is 1.94. The molecule has 1 unspecified atom stereocenters. The van der Waals surface area contributed by atoms with Gasteiger partial charge >= 0.3 is 0 Å². The third kappa shape index (κ3) is 7.68. The second-order valence-electron chi connectivity index (χ2n) is 5.14. The Labute approximate surface area is 126 Å². The number of carbonyl (C=O) groups excluding carboxylic acids is 1. The van der Waals surface area contributed by atoms with Gasteiger partial charge in [0.15, 0.2) is 0 Å². The molecule has 0 aliphatic heterocycles. The van der Waals surface area contributed by atoms with Crippen molar-refractivity contribution >= 4 is 11.6 Å². The van der Waals surface area contributed by atoms with Crippen molar-refractivity contribution in [2.45, 2.75) is 26.2 Å². The topological polar surface area (TPSA) is 73.6 Å². The minimum Gasteiger partial charge on any atom is -0.491 e. The fraction of sp³-hybridized carbons (Fsp3) is 0.562. The summed E-state index contributed by atoms with van der Waals surface area (Å²) in [5.41, 5.74) is 6.25. The highest BCUT2D eigenvalue weighted by Crippen LogP contribution is 2.18. The highest BCUT2D eigenvalue weighted by molar-refractivity contribution is 5.90. The molecule has 1 aromatic rings. The van der Waals surface area contributed by atoms with Gasteiger partial charge in [-0.1, -0.05) is 13.0 Å². The number of anilines is 1. The van der Waals surface area contributed by atoms with Crippen molar-refractivity contribution in [2.24, 2.45) is 11.7 Å². The monoisotopic (exact) mass is 294 g/mol. The second kappa shape index (κ2) is 10.2. The lowest BCUT2D eigenvalue weighted by Gasteiger charge is -2.11. The first-order valence-corrected chi connectivity index (χ1v) is 7.37. The lowest BCUT2D eigenvalue weighted by molar-refractivity contribution is -0.116. The van der Waals surface area contributed by atoms with Crippen molar-refractivity contribution in [3.8, 4) is 5.75 Å². The minimum atomic E-state index is 0.0212. The highest BCUT2D eigenvalue weighted by Gasteiger charge is 2.07. The minimum absolute atomic E-state index is 0.0212. The summed E-state index contributed by atoms with van der Waals surface area (Å²) in [7, 11) is 1.63. The van der Waals surface area contributed by atoms with Crippen LogP contribution in [-0.4, -0.2) is 32.8 Å². The number of ether oxygens (including phenoxy) is 2. The predicted molar refractivity (Wildman–Crippen MR) is 84.5 cm³/mol. The molecule has 1 atom stereocenters. The zero-order chi connectivity index (χ0) is 15.5. The quantitative estimate of drug-likeness (QED) is 0.650. The molecule has 0 aliphatic rings. The van der Waals surface area contributed by atoms with Gasteiger partial charge in [0, 0.05) is 25.3 Å². The number of rotatable bonds is 10. The number of carbonyl (C=O) groups is 1. The Morgan fingerprint density at radius 2 is 2.14 bits per heavy atom. The van der Waals surface area contributed by atoms with Gasteiger partial charge in [-0.15, -0.1) is 0 Å². The Kier molecular flexibility index (Phi) is 8.47. The molecule has 0 fully saturated rings. The van der Waals surface area contributed by atoms with Gasteiger partial charge in [-0.25, -0.2) is 0 Å². The van der Waals surface area contributed by atoms with Gasteiger partial charge in [0.2, 0.25) is 5.91 Å². The van der Waals surface area contributed by atoms with E-state index in [0.717, 1.165) is 24.3 Å². The lowest BCUT2D eigenvalue weighted by atomic mass is 10.0. The number of hydrogen-bond acceptors (Lipinski definition) is 4. The van der Waals surface area contributed by atoms with Gasteiger partial charge in [0.1, 0.15) is 12.4 Å². The van der Waals surface area contributed by atoms with Crippen LogP contribution in [0.1, 0.15) is 26.2 Å². The second-order valence-corrected chi connectivity index (χ2v) is 5.14. The third-order valence-corrected chi connectivity index (χ3v) is 3.20. The van der Waals surface area contributed by atoms with Gasteiger partial charge in [-0.2, -0.15) is 0 Å². The van der Waals surface area contributed by atoms with Crippen LogP contribution in [0.5, 0.6) is 5.75 Å². The average Bonchev–Trinajstić information content (AvgIpc) is 2.46. The number of nitrogens with one attached hydrogen (secondary N) is 1. The first-order chi connectivity index (χ1) is 10.2. The maximum Gasteiger partial charge on any atom is 0.224 e. The van der Waals surface area contributed by atoms with Gasteiger partial charge in [-0.3, -0.25) is 4.79 Å². The summed E-state index contributed by atoms with van der Waals surface area (Å²) >= 11 is 0. The van der Waals surface area contributed by atoms with Crippen LogP contribution in [0.25, 0.3) is 0 Å². The van der Waals surface area contributed by atoms with Gasteiger partial charge in [0.25, 0.3) is 0 Å². The maximum absolute atomic E-state index is 11.9. The summed E-state index contributed by atoms with van der Waals surface area (Å²) in [6, 6.07) is 7.38. The Morgan fingerprint density at radius 1 is 1.33 bits per heavy atom. The zero-order valence-corrected chi connectivity index (χ0v) is 12.9. The molecule has 21 heavy (non-hydrogen) atoms. The van der Waals surface area contributed by atoms with Crippen molar-refractivity contribution in [3.05, 3.63) is 24.3 Å². The van der Waals surface area contributed by atoms with Crippen molar-refractivity contribution in [1.29, 1.82) is 0 Å². The summed E-state index contributed by atoms with van der Waals surface area (Å²) in [5.74, 6) is 1.22. The molecule has 5 heteroatoms. The molecular formula is C16H26N2O3. The molecule has 0 aromatic heterocycles. The number of nitrogens with two attached hydrogens (primary N) is 1. The lowest BCUT2D eigenvalue weighted by Crippen LogP contribution is -2.14. The number of hydrogen-bond donors (Lipinski definition) is 2. The molecule has 1 amide bonds. The Morgan fingerprint density at radius 3 is 2.86 bits per heavy atom. The third-order valence-electron chi connectivity index (χ3n) is 3.20. The van der Waals surface area contributed by atoms with Crippen molar-refractivity contribution in [1.82, 2.24) is 0 Å². The van der Waals surface area contributed by atoms with Crippen LogP contribution >= 0.6 is 0 Å². The molecule has 0 radical (unpaired) electrons. The normalized spacial score (nSPS) is 12.0. The van der Waals surface area contributed by atoms with Gasteiger partial charge in [-0.05, 0) is 37.4 Å². The van der Waals surface area contributed by atoms with E-state index in [0.29, 0.717) is 32.1 Å². The van der Waals surface area contributed by atoms with Crippen molar-refractivity contribution < 1.29 is 14.3 Å². The van der Waals surface area contributed by atoms with Crippen LogP contribution < -0.4 is 15.8 Å². The van der Waals surface area contributed by atoms with Crippen LogP contribution in [-0.2, 0) is 9.53 Å². The van der Waals surface area contributed by atoms with E-state index in [9.17, 15) is 4.79 Å². The van der Waals surface area contributed by atoms with Crippen LogP contribution in [0.2, 0.25) is 0 Å². The number of methoxy groups -OCH3 is 1. The van der Waals surface area contributed by atoms with E-state index in [1.54, 1.807) is 7.11 Å². The van der Waals surface area contributed by atoms with Crippen LogP contribution in [0.3, 0.4) is 0 Å². The summed E-state index contributed by atoms with van der Waals surface area (Å²) in [4.78, 5) is 11.9. The summed E-state index contributed by atoms with van der Waals surface area (Å²) in [5, 5.41) is 2.89. The smallest absolute Gasteiger partial charge is 0.224 e. The van der Waals surface area contributed by atoms with E-state index >= 15 is 0 Å². The summed E-state index contributed by atoms with van der Waals surface area (Å²) in [6.45, 7) is 3.81. The van der Waals surface area contributed by atoms with E-state index in [2.05, 4.69) is 12.2 Å². The molecule has 0 saturated carbocycles. The van der Waals surface area contributed by atoms with E-state index in [1.807, 2.05) is 24.3 Å². The van der Waals surface area contributed by atoms with E-state index < -0.39 is 0 Å². The molecular weight excluding hydrogens is 268 g/mol. The molecule has 118 valence electrons. The summed E-state index contributed by atoms with van der Waals surface area (Å²) < 4.78 is 10.4. The average molecular weight is 294 g/mol. The number of amides is 1. The van der Waals surface area contributed by atoms with Crippen LogP contribution in [0.4, 0.5) is 5.69 Å². The largest absolute Gasteiger partial charge is 0.491 e.